The molecule has 0 aliphatic rings. The van der Waals surface area contributed by atoms with E-state index in [-0.39, 0.29) is 11.4 Å². The van der Waals surface area contributed by atoms with Crippen LogP contribution in [0, 0.1) is 11.6 Å². The van der Waals surface area contributed by atoms with Gasteiger partial charge < -0.3 is 0 Å². The van der Waals surface area contributed by atoms with Gasteiger partial charge in [0, 0.05) is 11.5 Å². The van der Waals surface area contributed by atoms with Crippen LogP contribution in [0.4, 0.5) is 8.78 Å². The van der Waals surface area contributed by atoms with Crippen molar-refractivity contribution in [3.05, 3.63) is 47.0 Å². The summed E-state index contributed by atoms with van der Waals surface area (Å²) in [5.41, 5.74) is 1.87. The molecule has 1 aromatic carbocycles. The molecule has 3 rings (SSSR count). The zero-order valence-corrected chi connectivity index (χ0v) is 11.9. The Bertz CT molecular complexity index is 757. The maximum absolute atomic E-state index is 13.7. The van der Waals surface area contributed by atoms with E-state index in [1.807, 2.05) is 5.38 Å². The number of nitrogens with zero attached hydrogens (tertiary/aromatic N) is 2. The molecule has 0 saturated carbocycles. The van der Waals surface area contributed by atoms with Gasteiger partial charge in [-0.1, -0.05) is 15.9 Å². The normalized spacial score (nSPS) is 11.1. The van der Waals surface area contributed by atoms with E-state index >= 15 is 0 Å². The van der Waals surface area contributed by atoms with Crippen LogP contribution in [0.3, 0.4) is 0 Å². The molecule has 2 nitrogen and oxygen atoms in total. The van der Waals surface area contributed by atoms with Crippen LogP contribution in [0.1, 0.15) is 5.56 Å². The third-order valence-electron chi connectivity index (χ3n) is 2.70. The molecule has 6 heteroatoms. The summed E-state index contributed by atoms with van der Waals surface area (Å²) in [5, 5.41) is 2.63. The molecule has 0 N–H and O–H groups in total. The molecule has 2 aromatic heterocycles. The first-order chi connectivity index (χ1) is 9.19. The number of fused-ring (bicyclic) bond motifs is 1. The Morgan fingerprint density at radius 2 is 2.11 bits per heavy atom. The number of hydrogen-bond acceptors (Lipinski definition) is 3. The Balaban J connectivity index is 2.22. The topological polar surface area (TPSA) is 25.8 Å². The fraction of sp³-hybridized carbons (Fsp3) is 0.0769. The van der Waals surface area contributed by atoms with Crippen LogP contribution < -0.4 is 0 Å². The quantitative estimate of drug-likeness (QED) is 0.640. The lowest BCUT2D eigenvalue weighted by atomic mass is 10.2. The van der Waals surface area contributed by atoms with Crippen LogP contribution in [0.2, 0.25) is 0 Å². The molecular weight excluding hydrogens is 334 g/mol. The molecule has 0 fully saturated rings. The summed E-state index contributed by atoms with van der Waals surface area (Å²) < 4.78 is 27.8. The molecule has 0 aliphatic heterocycles. The van der Waals surface area contributed by atoms with E-state index in [1.54, 1.807) is 6.20 Å². The van der Waals surface area contributed by atoms with Gasteiger partial charge in [-0.3, -0.25) is 0 Å². The summed E-state index contributed by atoms with van der Waals surface area (Å²) >= 11 is 4.90. The van der Waals surface area contributed by atoms with Gasteiger partial charge in [0.1, 0.15) is 11.6 Å². The second-order valence-electron chi connectivity index (χ2n) is 3.93. The highest BCUT2D eigenvalue weighted by Crippen LogP contribution is 2.28. The monoisotopic (exact) mass is 340 g/mol. The zero-order valence-electron chi connectivity index (χ0n) is 9.53. The van der Waals surface area contributed by atoms with Gasteiger partial charge in [0.05, 0.1) is 15.8 Å². The summed E-state index contributed by atoms with van der Waals surface area (Å²) in [6.45, 7) is 0. The van der Waals surface area contributed by atoms with Crippen molar-refractivity contribution in [1.29, 1.82) is 0 Å². The Kier molecular flexibility index (Phi) is 3.28. The number of thiophene rings is 1. The first-order valence-electron chi connectivity index (χ1n) is 5.43. The first kappa shape index (κ1) is 12.6. The van der Waals surface area contributed by atoms with Crippen LogP contribution in [0.5, 0.6) is 0 Å². The number of benzene rings is 1. The van der Waals surface area contributed by atoms with Crippen LogP contribution in [0.25, 0.3) is 21.6 Å². The summed E-state index contributed by atoms with van der Waals surface area (Å²) in [5.74, 6) is -0.840. The molecule has 0 aliphatic carbocycles. The van der Waals surface area contributed by atoms with Crippen LogP contribution in [-0.2, 0) is 5.33 Å². The lowest BCUT2D eigenvalue weighted by molar-refractivity contribution is 0.602. The summed E-state index contributed by atoms with van der Waals surface area (Å²) in [6, 6.07) is 3.26. The fourth-order valence-corrected chi connectivity index (χ4v) is 3.28. The standard InChI is InChI=1S/C13H7BrF2N2S/c14-4-7-6-19-11-5-17-13(18-12(7)11)9-3-8(15)1-2-10(9)16/h1-3,5-6H,4H2. The van der Waals surface area contributed by atoms with Gasteiger partial charge in [-0.15, -0.1) is 11.3 Å². The number of alkyl halides is 1. The Morgan fingerprint density at radius 1 is 1.26 bits per heavy atom. The predicted octanol–water partition coefficient (Wildman–Crippen LogP) is 4.53. The molecule has 0 radical (unpaired) electrons. The minimum Gasteiger partial charge on any atom is -0.235 e. The van der Waals surface area contributed by atoms with Gasteiger partial charge in [-0.2, -0.15) is 0 Å². The van der Waals surface area contributed by atoms with Gasteiger partial charge in [-0.05, 0) is 29.1 Å². The highest BCUT2D eigenvalue weighted by molar-refractivity contribution is 9.08. The van der Waals surface area contributed by atoms with Crippen molar-refractivity contribution in [1.82, 2.24) is 9.97 Å². The van der Waals surface area contributed by atoms with E-state index in [9.17, 15) is 8.78 Å². The molecule has 96 valence electrons. The minimum atomic E-state index is -0.531. The van der Waals surface area contributed by atoms with Gasteiger partial charge in [-0.25, -0.2) is 18.7 Å². The van der Waals surface area contributed by atoms with Gasteiger partial charge in [0.2, 0.25) is 0 Å². The predicted molar refractivity (Wildman–Crippen MR) is 75.4 cm³/mol. The van der Waals surface area contributed by atoms with E-state index in [2.05, 4.69) is 25.9 Å². The summed E-state index contributed by atoms with van der Waals surface area (Å²) in [6.07, 6.45) is 1.64. The van der Waals surface area contributed by atoms with E-state index in [0.29, 0.717) is 5.33 Å². The van der Waals surface area contributed by atoms with Crippen molar-refractivity contribution < 1.29 is 8.78 Å². The average molecular weight is 341 g/mol. The van der Waals surface area contributed by atoms with E-state index in [0.717, 1.165) is 34.0 Å². The average Bonchev–Trinajstić information content (AvgIpc) is 2.83. The van der Waals surface area contributed by atoms with Crippen molar-refractivity contribution in [2.75, 3.05) is 0 Å². The molecule has 0 saturated heterocycles. The molecule has 3 aromatic rings. The van der Waals surface area contributed by atoms with Crippen molar-refractivity contribution in [2.24, 2.45) is 0 Å². The zero-order chi connectivity index (χ0) is 13.4. The van der Waals surface area contributed by atoms with E-state index in [4.69, 9.17) is 0 Å². The maximum Gasteiger partial charge on any atom is 0.162 e. The third-order valence-corrected chi connectivity index (χ3v) is 4.26. The van der Waals surface area contributed by atoms with Crippen molar-refractivity contribution >= 4 is 37.5 Å². The van der Waals surface area contributed by atoms with E-state index in [1.165, 1.54) is 11.3 Å². The van der Waals surface area contributed by atoms with Crippen LogP contribution in [-0.4, -0.2) is 9.97 Å². The number of halogens is 3. The second-order valence-corrected chi connectivity index (χ2v) is 5.40. The number of hydrogen-bond donors (Lipinski definition) is 0. The second kappa shape index (κ2) is 4.94. The Hall–Kier alpha value is -1.40. The van der Waals surface area contributed by atoms with Crippen molar-refractivity contribution in [2.45, 2.75) is 5.33 Å². The summed E-state index contributed by atoms with van der Waals surface area (Å²) in [4.78, 5) is 8.44. The molecule has 0 spiro atoms. The molecule has 0 bridgehead atoms. The van der Waals surface area contributed by atoms with Crippen LogP contribution >= 0.6 is 27.3 Å². The number of aromatic nitrogens is 2. The molecule has 19 heavy (non-hydrogen) atoms. The van der Waals surface area contributed by atoms with Gasteiger partial charge >= 0.3 is 0 Å². The summed E-state index contributed by atoms with van der Waals surface area (Å²) in [7, 11) is 0. The van der Waals surface area contributed by atoms with E-state index < -0.39 is 11.6 Å². The first-order valence-corrected chi connectivity index (χ1v) is 7.43. The molecule has 0 unspecified atom stereocenters. The lowest BCUT2D eigenvalue weighted by Gasteiger charge is -2.02. The van der Waals surface area contributed by atoms with Gasteiger partial charge in [0.15, 0.2) is 5.82 Å². The molecular formula is C13H7BrF2N2S. The fourth-order valence-electron chi connectivity index (χ4n) is 1.77. The number of rotatable bonds is 2. The SMILES string of the molecule is Fc1ccc(F)c(-c2ncc3scc(CBr)c3n2)c1. The Labute approximate surface area is 120 Å². The molecule has 0 atom stereocenters. The van der Waals surface area contributed by atoms with Crippen LogP contribution in [0.15, 0.2) is 29.8 Å². The third kappa shape index (κ3) is 2.26. The highest BCUT2D eigenvalue weighted by Gasteiger charge is 2.12. The largest absolute Gasteiger partial charge is 0.235 e. The Morgan fingerprint density at radius 3 is 2.89 bits per heavy atom. The van der Waals surface area contributed by atoms with Crippen molar-refractivity contribution in [3.8, 4) is 11.4 Å². The van der Waals surface area contributed by atoms with Gasteiger partial charge in [0.25, 0.3) is 0 Å². The molecule has 2 heterocycles. The lowest BCUT2D eigenvalue weighted by Crippen LogP contribution is -1.93. The minimum absolute atomic E-state index is 0.0774. The highest BCUT2D eigenvalue weighted by atomic mass is 79.9. The molecule has 0 amide bonds. The van der Waals surface area contributed by atoms with Crippen molar-refractivity contribution in [3.63, 3.8) is 0 Å². The smallest absolute Gasteiger partial charge is 0.162 e. The maximum atomic E-state index is 13.7.